The molecule has 0 aliphatic rings. The molecular weight excluding hydrogens is 727 g/mol. The first-order chi connectivity index (χ1) is 29.7. The first-order valence-corrected chi connectivity index (χ1v) is 20.5. The van der Waals surface area contributed by atoms with Crippen molar-refractivity contribution in [1.82, 2.24) is 0 Å². The normalized spacial score (nSPS) is 11.3. The number of rotatable bonds is 8. The zero-order valence-corrected chi connectivity index (χ0v) is 32.9. The zero-order valence-electron chi connectivity index (χ0n) is 32.9. The van der Waals surface area contributed by atoms with E-state index in [1.165, 1.54) is 49.7 Å². The topological polar surface area (TPSA) is 16.4 Å². The molecule has 282 valence electrons. The average molecular weight is 766 g/mol. The van der Waals surface area contributed by atoms with Crippen LogP contribution < -0.4 is 4.90 Å². The van der Waals surface area contributed by atoms with Crippen molar-refractivity contribution >= 4 is 49.8 Å². The van der Waals surface area contributed by atoms with Gasteiger partial charge in [-0.2, -0.15) is 0 Å². The van der Waals surface area contributed by atoms with E-state index in [1.807, 2.05) is 12.1 Å². The van der Waals surface area contributed by atoms with Gasteiger partial charge < -0.3 is 9.32 Å². The van der Waals surface area contributed by atoms with Crippen molar-refractivity contribution in [2.75, 3.05) is 4.90 Å². The van der Waals surface area contributed by atoms with Crippen LogP contribution in [0.3, 0.4) is 0 Å². The molecule has 0 spiro atoms. The number of hydrogen-bond acceptors (Lipinski definition) is 2. The van der Waals surface area contributed by atoms with E-state index in [4.69, 9.17) is 4.42 Å². The van der Waals surface area contributed by atoms with Gasteiger partial charge in [0.05, 0.1) is 5.69 Å². The molecular formula is C58H39NO. The number of nitrogens with zero attached hydrogens (tertiary/aromatic N) is 1. The predicted molar refractivity (Wildman–Crippen MR) is 253 cm³/mol. The summed E-state index contributed by atoms with van der Waals surface area (Å²) in [6.45, 7) is 0. The SMILES string of the molecule is c1ccc(-c2ccc(-c3ccc(N(c4cccc(-c5ccccc5-c5ccc6ccccc6c5)c4)c4ccccc4-c4ccc5oc6ccccc6c5c4)cc3)cc2)cc1. The maximum Gasteiger partial charge on any atom is 0.135 e. The fourth-order valence-electron chi connectivity index (χ4n) is 8.68. The standard InChI is InChI=1S/C58H39NO/c1-2-13-40(14-3-1)42-25-27-43(28-26-42)44-31-34-49(35-32-44)59(56-23-10-8-21-53(56)48-33-36-58-55(39-48)54-22-9-11-24-57(54)60-58)50-18-12-17-46(38-50)51-19-6-7-20-52(51)47-30-29-41-15-4-5-16-45(41)37-47/h1-39H. The minimum atomic E-state index is 0.888. The van der Waals surface area contributed by atoms with Crippen LogP contribution in [0.2, 0.25) is 0 Å². The van der Waals surface area contributed by atoms with Gasteiger partial charge in [0.15, 0.2) is 0 Å². The second-order valence-electron chi connectivity index (χ2n) is 15.3. The number of fused-ring (bicyclic) bond motifs is 4. The molecule has 60 heavy (non-hydrogen) atoms. The second-order valence-corrected chi connectivity index (χ2v) is 15.3. The molecule has 1 heterocycles. The Hall–Kier alpha value is -7.94. The van der Waals surface area contributed by atoms with Gasteiger partial charge in [-0.05, 0) is 115 Å². The lowest BCUT2D eigenvalue weighted by atomic mass is 9.93. The molecule has 0 aliphatic carbocycles. The maximum atomic E-state index is 6.24. The highest BCUT2D eigenvalue weighted by molar-refractivity contribution is 6.07. The van der Waals surface area contributed by atoms with Crippen molar-refractivity contribution < 1.29 is 4.42 Å². The van der Waals surface area contributed by atoms with Gasteiger partial charge in [-0.3, -0.25) is 0 Å². The molecule has 0 aliphatic heterocycles. The van der Waals surface area contributed by atoms with Crippen molar-refractivity contribution in [2.45, 2.75) is 0 Å². The van der Waals surface area contributed by atoms with E-state index in [-0.39, 0.29) is 0 Å². The summed E-state index contributed by atoms with van der Waals surface area (Å²) >= 11 is 0. The van der Waals surface area contributed by atoms with Crippen molar-refractivity contribution in [3.8, 4) is 55.6 Å². The Balaban J connectivity index is 1.04. The van der Waals surface area contributed by atoms with Gasteiger partial charge in [0.1, 0.15) is 11.2 Å². The molecule has 0 unspecified atom stereocenters. The van der Waals surface area contributed by atoms with Crippen molar-refractivity contribution in [2.24, 2.45) is 0 Å². The summed E-state index contributed by atoms with van der Waals surface area (Å²) in [4.78, 5) is 2.40. The van der Waals surface area contributed by atoms with Gasteiger partial charge in [0, 0.05) is 27.7 Å². The van der Waals surface area contributed by atoms with Gasteiger partial charge in [0.25, 0.3) is 0 Å². The van der Waals surface area contributed by atoms with Crippen LogP contribution in [0.5, 0.6) is 0 Å². The van der Waals surface area contributed by atoms with Gasteiger partial charge in [0.2, 0.25) is 0 Å². The molecule has 0 saturated heterocycles. The van der Waals surface area contributed by atoms with E-state index < -0.39 is 0 Å². The van der Waals surface area contributed by atoms with Crippen LogP contribution in [0, 0.1) is 0 Å². The summed E-state index contributed by atoms with van der Waals surface area (Å²) in [7, 11) is 0. The molecule has 11 aromatic rings. The first kappa shape index (κ1) is 35.2. The van der Waals surface area contributed by atoms with Crippen LogP contribution in [-0.2, 0) is 0 Å². The van der Waals surface area contributed by atoms with Crippen molar-refractivity contribution in [3.63, 3.8) is 0 Å². The number of para-hydroxylation sites is 2. The van der Waals surface area contributed by atoms with Crippen LogP contribution in [0.1, 0.15) is 0 Å². The Kier molecular flexibility index (Phi) is 8.87. The third-order valence-corrected chi connectivity index (χ3v) is 11.7. The monoisotopic (exact) mass is 765 g/mol. The van der Waals surface area contributed by atoms with E-state index in [9.17, 15) is 0 Å². The summed E-state index contributed by atoms with van der Waals surface area (Å²) in [5.41, 5.74) is 16.8. The highest BCUT2D eigenvalue weighted by Crippen LogP contribution is 2.44. The molecule has 0 N–H and O–H groups in total. The maximum absolute atomic E-state index is 6.24. The number of furan rings is 1. The summed E-state index contributed by atoms with van der Waals surface area (Å²) in [5.74, 6) is 0. The minimum absolute atomic E-state index is 0.888. The lowest BCUT2D eigenvalue weighted by Gasteiger charge is -2.28. The largest absolute Gasteiger partial charge is 0.456 e. The molecule has 0 fully saturated rings. The Morgan fingerprint density at radius 2 is 0.783 bits per heavy atom. The van der Waals surface area contributed by atoms with E-state index >= 15 is 0 Å². The fraction of sp³-hybridized carbons (Fsp3) is 0. The van der Waals surface area contributed by atoms with E-state index in [1.54, 1.807) is 0 Å². The number of anilines is 3. The van der Waals surface area contributed by atoms with Crippen LogP contribution in [-0.4, -0.2) is 0 Å². The third-order valence-electron chi connectivity index (χ3n) is 11.7. The Morgan fingerprint density at radius 3 is 1.55 bits per heavy atom. The second kappa shape index (κ2) is 15.1. The summed E-state index contributed by atoms with van der Waals surface area (Å²) in [6, 6.07) is 85.0. The Bertz CT molecular complexity index is 3310. The first-order valence-electron chi connectivity index (χ1n) is 20.5. The summed E-state index contributed by atoms with van der Waals surface area (Å²) in [5, 5.41) is 4.71. The van der Waals surface area contributed by atoms with Crippen molar-refractivity contribution in [1.29, 1.82) is 0 Å². The lowest BCUT2D eigenvalue weighted by molar-refractivity contribution is 0.669. The third kappa shape index (κ3) is 6.51. The molecule has 11 rings (SSSR count). The van der Waals surface area contributed by atoms with Gasteiger partial charge in [-0.25, -0.2) is 0 Å². The zero-order chi connectivity index (χ0) is 39.8. The van der Waals surface area contributed by atoms with Crippen LogP contribution in [0.25, 0.3) is 88.3 Å². The number of hydrogen-bond donors (Lipinski definition) is 0. The summed E-state index contributed by atoms with van der Waals surface area (Å²) < 4.78 is 6.24. The summed E-state index contributed by atoms with van der Waals surface area (Å²) in [6.07, 6.45) is 0. The van der Waals surface area contributed by atoms with Crippen LogP contribution >= 0.6 is 0 Å². The fourth-order valence-corrected chi connectivity index (χ4v) is 8.68. The van der Waals surface area contributed by atoms with Crippen LogP contribution in [0.15, 0.2) is 241 Å². The van der Waals surface area contributed by atoms with Gasteiger partial charge in [-0.1, -0.05) is 182 Å². The molecule has 1 aromatic heterocycles. The quantitative estimate of drug-likeness (QED) is 0.153. The lowest BCUT2D eigenvalue weighted by Crippen LogP contribution is -2.11. The van der Waals surface area contributed by atoms with E-state index in [0.717, 1.165) is 55.7 Å². The van der Waals surface area contributed by atoms with Crippen molar-refractivity contribution in [3.05, 3.63) is 237 Å². The highest BCUT2D eigenvalue weighted by Gasteiger charge is 2.20. The van der Waals surface area contributed by atoms with Gasteiger partial charge in [-0.15, -0.1) is 0 Å². The molecule has 0 bridgehead atoms. The minimum Gasteiger partial charge on any atom is -0.456 e. The Morgan fingerprint density at radius 1 is 0.267 bits per heavy atom. The molecule has 10 aromatic carbocycles. The average Bonchev–Trinajstić information content (AvgIpc) is 3.70. The molecule has 0 atom stereocenters. The molecule has 2 nitrogen and oxygen atoms in total. The smallest absolute Gasteiger partial charge is 0.135 e. The Labute approximate surface area is 349 Å². The van der Waals surface area contributed by atoms with E-state index in [2.05, 4.69) is 229 Å². The van der Waals surface area contributed by atoms with Gasteiger partial charge >= 0.3 is 0 Å². The highest BCUT2D eigenvalue weighted by atomic mass is 16.3. The number of benzene rings is 10. The molecule has 0 radical (unpaired) electrons. The van der Waals surface area contributed by atoms with Crippen LogP contribution in [0.4, 0.5) is 17.1 Å². The predicted octanol–water partition coefficient (Wildman–Crippen LogP) is 16.5. The molecule has 0 amide bonds. The molecule has 2 heteroatoms. The molecule has 0 saturated carbocycles. The van der Waals surface area contributed by atoms with E-state index in [0.29, 0.717) is 0 Å².